The van der Waals surface area contributed by atoms with Crippen LogP contribution in [0.15, 0.2) is 71.8 Å². The first-order valence-corrected chi connectivity index (χ1v) is 11.5. The van der Waals surface area contributed by atoms with Gasteiger partial charge in [-0.3, -0.25) is 9.59 Å². The highest BCUT2D eigenvalue weighted by Gasteiger charge is 2.24. The van der Waals surface area contributed by atoms with E-state index in [2.05, 4.69) is 0 Å². The number of benzene rings is 3. The molecule has 4 nitrogen and oxygen atoms in total. The van der Waals surface area contributed by atoms with E-state index in [0.29, 0.717) is 24.3 Å². The van der Waals surface area contributed by atoms with Crippen LogP contribution < -0.4 is 9.47 Å². The summed E-state index contributed by atoms with van der Waals surface area (Å²) in [5.74, 6) is 1.49. The Kier molecular flexibility index (Phi) is 5.89. The van der Waals surface area contributed by atoms with E-state index in [-0.39, 0.29) is 11.6 Å². The largest absolute Gasteiger partial charge is 0.497 e. The van der Waals surface area contributed by atoms with E-state index in [9.17, 15) is 9.59 Å². The van der Waals surface area contributed by atoms with Gasteiger partial charge < -0.3 is 9.47 Å². The number of hydrogen-bond donors (Lipinski definition) is 0. The Morgan fingerprint density at radius 1 is 0.618 bits per heavy atom. The van der Waals surface area contributed by atoms with Crippen LogP contribution >= 0.6 is 0 Å². The fourth-order valence-corrected chi connectivity index (χ4v) is 4.75. The molecule has 34 heavy (non-hydrogen) atoms. The maximum Gasteiger partial charge on any atom is 0.189 e. The van der Waals surface area contributed by atoms with E-state index >= 15 is 0 Å². The van der Waals surface area contributed by atoms with Gasteiger partial charge >= 0.3 is 0 Å². The maximum absolute atomic E-state index is 13.1. The van der Waals surface area contributed by atoms with E-state index < -0.39 is 0 Å². The Morgan fingerprint density at radius 2 is 1.09 bits per heavy atom. The van der Waals surface area contributed by atoms with Gasteiger partial charge in [-0.1, -0.05) is 30.3 Å². The summed E-state index contributed by atoms with van der Waals surface area (Å²) in [5.41, 5.74) is 7.06. The van der Waals surface area contributed by atoms with Crippen molar-refractivity contribution in [2.45, 2.75) is 25.7 Å². The molecule has 3 aromatic rings. The van der Waals surface area contributed by atoms with Crippen molar-refractivity contribution in [3.63, 3.8) is 0 Å². The fourth-order valence-electron chi connectivity index (χ4n) is 4.75. The maximum atomic E-state index is 13.1. The van der Waals surface area contributed by atoms with Crippen LogP contribution in [-0.2, 0) is 12.8 Å². The molecule has 4 heteroatoms. The number of carbonyl (C=O) groups excluding carboxylic acids is 2. The molecule has 0 radical (unpaired) electrons. The molecule has 0 unspecified atom stereocenters. The van der Waals surface area contributed by atoms with Crippen molar-refractivity contribution in [3.05, 3.63) is 105 Å². The number of carbonyl (C=O) groups is 2. The molecular weight excluding hydrogens is 424 g/mol. The Hall–Kier alpha value is -3.92. The number of fused-ring (bicyclic) bond motifs is 2. The van der Waals surface area contributed by atoms with Gasteiger partial charge in [0.05, 0.1) is 14.2 Å². The van der Waals surface area contributed by atoms with Crippen LogP contribution in [0.4, 0.5) is 0 Å². The van der Waals surface area contributed by atoms with Gasteiger partial charge in [-0.2, -0.15) is 0 Å². The van der Waals surface area contributed by atoms with Gasteiger partial charge in [0, 0.05) is 22.3 Å². The lowest BCUT2D eigenvalue weighted by atomic mass is 9.85. The lowest BCUT2D eigenvalue weighted by Gasteiger charge is -2.19. The number of ketones is 2. The predicted molar refractivity (Wildman–Crippen MR) is 134 cm³/mol. The molecule has 3 aromatic carbocycles. The van der Waals surface area contributed by atoms with E-state index in [1.165, 1.54) is 0 Å². The highest BCUT2D eigenvalue weighted by molar-refractivity contribution is 6.14. The zero-order valence-corrected chi connectivity index (χ0v) is 19.4. The van der Waals surface area contributed by atoms with Crippen molar-refractivity contribution in [1.29, 1.82) is 0 Å². The molecule has 2 aliphatic carbocycles. The molecule has 0 heterocycles. The van der Waals surface area contributed by atoms with Crippen LogP contribution in [0.1, 0.15) is 55.8 Å². The van der Waals surface area contributed by atoms with Gasteiger partial charge in [0.1, 0.15) is 11.5 Å². The second kappa shape index (κ2) is 9.14. The minimum atomic E-state index is 0.0527. The van der Waals surface area contributed by atoms with Crippen molar-refractivity contribution < 1.29 is 19.1 Å². The van der Waals surface area contributed by atoms with Crippen molar-refractivity contribution in [3.8, 4) is 11.5 Å². The number of Topliss-reactive ketones (excluding diaryl/α,β-unsaturated/α-hetero) is 2. The molecular formula is C30H26O4. The minimum absolute atomic E-state index is 0.0527. The topological polar surface area (TPSA) is 52.6 Å². The van der Waals surface area contributed by atoms with Crippen LogP contribution in [0.5, 0.6) is 11.5 Å². The average Bonchev–Trinajstić information content (AvgIpc) is 2.87. The lowest BCUT2D eigenvalue weighted by molar-refractivity contribution is 0.101. The van der Waals surface area contributed by atoms with Crippen molar-refractivity contribution >= 4 is 23.7 Å². The van der Waals surface area contributed by atoms with E-state index in [1.807, 2.05) is 72.8 Å². The molecule has 170 valence electrons. The monoisotopic (exact) mass is 450 g/mol. The molecule has 2 aliphatic rings. The number of hydrogen-bond acceptors (Lipinski definition) is 4. The third-order valence-corrected chi connectivity index (χ3v) is 6.63. The first-order chi connectivity index (χ1) is 16.6. The molecule has 5 rings (SSSR count). The molecule has 0 fully saturated rings. The minimum Gasteiger partial charge on any atom is -0.497 e. The summed E-state index contributed by atoms with van der Waals surface area (Å²) in [4.78, 5) is 26.2. The number of ether oxygens (including phenoxy) is 2. The molecule has 0 aromatic heterocycles. The lowest BCUT2D eigenvalue weighted by Crippen LogP contribution is -2.14. The molecule has 0 bridgehead atoms. The van der Waals surface area contributed by atoms with Gasteiger partial charge in [0.2, 0.25) is 0 Å². The number of methoxy groups -OCH3 is 2. The fraction of sp³-hybridized carbons (Fsp3) is 0.200. The second-order valence-electron chi connectivity index (χ2n) is 8.71. The van der Waals surface area contributed by atoms with Gasteiger partial charge in [-0.05, 0) is 90.4 Å². The number of rotatable bonds is 4. The smallest absolute Gasteiger partial charge is 0.189 e. The third kappa shape index (κ3) is 4.19. The standard InChI is InChI=1S/C30H26O4/c1-33-25-12-10-21-6-8-23(29(31)27(21)17-25)15-19-4-3-5-20(14-19)16-24-9-7-22-11-13-26(34-2)18-28(22)30(24)32/h3-5,10-18H,6-9H2,1-2H3. The summed E-state index contributed by atoms with van der Waals surface area (Å²) in [6.07, 6.45) is 7.02. The summed E-state index contributed by atoms with van der Waals surface area (Å²) in [6, 6.07) is 19.4. The van der Waals surface area contributed by atoms with E-state index in [4.69, 9.17) is 9.47 Å². The van der Waals surface area contributed by atoms with Gasteiger partial charge in [0.25, 0.3) is 0 Å². The van der Waals surface area contributed by atoms with Crippen molar-refractivity contribution in [1.82, 2.24) is 0 Å². The number of aryl methyl sites for hydroxylation is 2. The zero-order valence-electron chi connectivity index (χ0n) is 19.4. The summed E-state index contributed by atoms with van der Waals surface area (Å²) in [6.45, 7) is 0. The summed E-state index contributed by atoms with van der Waals surface area (Å²) >= 11 is 0. The molecule has 0 amide bonds. The Bertz CT molecular complexity index is 1260. The Labute approximate surface area is 199 Å². The number of allylic oxidation sites excluding steroid dienone is 2. The highest BCUT2D eigenvalue weighted by Crippen LogP contribution is 2.31. The van der Waals surface area contributed by atoms with Crippen molar-refractivity contribution in [2.24, 2.45) is 0 Å². The van der Waals surface area contributed by atoms with Crippen LogP contribution in [0, 0.1) is 0 Å². The molecule has 0 atom stereocenters. The molecule has 0 N–H and O–H groups in total. The van der Waals surface area contributed by atoms with Crippen LogP contribution in [0.3, 0.4) is 0 Å². The first-order valence-electron chi connectivity index (χ1n) is 11.5. The predicted octanol–water partition coefficient (Wildman–Crippen LogP) is 6.13. The third-order valence-electron chi connectivity index (χ3n) is 6.63. The summed E-state index contributed by atoms with van der Waals surface area (Å²) in [7, 11) is 3.22. The molecule has 0 saturated carbocycles. The van der Waals surface area contributed by atoms with Crippen LogP contribution in [-0.4, -0.2) is 25.8 Å². The Balaban J connectivity index is 1.42. The van der Waals surface area contributed by atoms with Gasteiger partial charge in [-0.25, -0.2) is 0 Å². The normalized spacial score (nSPS) is 17.5. The van der Waals surface area contributed by atoms with E-state index in [1.54, 1.807) is 14.2 Å². The quantitative estimate of drug-likeness (QED) is 0.449. The zero-order chi connectivity index (χ0) is 23.7. The average molecular weight is 451 g/mol. The van der Waals surface area contributed by atoms with E-state index in [0.717, 1.165) is 57.4 Å². The van der Waals surface area contributed by atoms with Gasteiger partial charge in [-0.15, -0.1) is 0 Å². The highest BCUT2D eigenvalue weighted by atomic mass is 16.5. The molecule has 0 spiro atoms. The first kappa shape index (κ1) is 21.9. The summed E-state index contributed by atoms with van der Waals surface area (Å²) in [5, 5.41) is 0. The summed E-state index contributed by atoms with van der Waals surface area (Å²) < 4.78 is 10.6. The second-order valence-corrected chi connectivity index (χ2v) is 8.71. The van der Waals surface area contributed by atoms with Crippen LogP contribution in [0.25, 0.3) is 12.2 Å². The Morgan fingerprint density at radius 3 is 1.53 bits per heavy atom. The van der Waals surface area contributed by atoms with Crippen molar-refractivity contribution in [2.75, 3.05) is 14.2 Å². The van der Waals surface area contributed by atoms with Gasteiger partial charge in [0.15, 0.2) is 11.6 Å². The molecule has 0 saturated heterocycles. The molecule has 0 aliphatic heterocycles. The SMILES string of the molecule is COc1ccc2c(c1)C(=O)C(=Cc1cccc(C=C3CCc4ccc(OC)cc4C3=O)c1)CC2. The van der Waals surface area contributed by atoms with Crippen LogP contribution in [0.2, 0.25) is 0 Å².